The van der Waals surface area contributed by atoms with E-state index >= 15 is 0 Å². The van der Waals surface area contributed by atoms with Crippen molar-refractivity contribution in [2.45, 2.75) is 38.5 Å². The molecule has 0 unspecified atom stereocenters. The average molecular weight is 346 g/mol. The van der Waals surface area contributed by atoms with E-state index in [4.69, 9.17) is 9.15 Å². The van der Waals surface area contributed by atoms with Crippen molar-refractivity contribution in [1.82, 2.24) is 10.3 Å². The maximum absolute atomic E-state index is 13.7. The van der Waals surface area contributed by atoms with Gasteiger partial charge in [-0.2, -0.15) is 0 Å². The van der Waals surface area contributed by atoms with Gasteiger partial charge >= 0.3 is 0 Å². The fourth-order valence-electron chi connectivity index (χ4n) is 3.29. The monoisotopic (exact) mass is 346 g/mol. The fraction of sp³-hybridized carbons (Fsp3) is 0.474. The van der Waals surface area contributed by atoms with Gasteiger partial charge in [-0.25, -0.2) is 9.37 Å². The molecule has 0 spiro atoms. The molecule has 1 aromatic carbocycles. The van der Waals surface area contributed by atoms with Crippen LogP contribution in [0, 0.1) is 12.7 Å². The lowest BCUT2D eigenvalue weighted by Crippen LogP contribution is -2.44. The van der Waals surface area contributed by atoms with Crippen molar-refractivity contribution in [1.29, 1.82) is 0 Å². The van der Waals surface area contributed by atoms with Gasteiger partial charge in [0.05, 0.1) is 5.69 Å². The van der Waals surface area contributed by atoms with Gasteiger partial charge in [0, 0.05) is 31.6 Å². The normalized spacial score (nSPS) is 16.6. The third kappa shape index (κ3) is 3.74. The van der Waals surface area contributed by atoms with E-state index in [2.05, 4.69) is 10.3 Å². The van der Waals surface area contributed by atoms with Gasteiger partial charge < -0.3 is 14.5 Å². The molecule has 1 aliphatic heterocycles. The Hall–Kier alpha value is -2.21. The molecule has 0 aliphatic carbocycles. The van der Waals surface area contributed by atoms with Crippen molar-refractivity contribution >= 4 is 5.91 Å². The van der Waals surface area contributed by atoms with Crippen molar-refractivity contribution in [2.75, 3.05) is 19.8 Å². The minimum absolute atomic E-state index is 0.248. The summed E-state index contributed by atoms with van der Waals surface area (Å²) in [5.41, 5.74) is 1.14. The first-order chi connectivity index (χ1) is 12.0. The summed E-state index contributed by atoms with van der Waals surface area (Å²) in [7, 11) is 0. The molecule has 1 saturated heterocycles. The van der Waals surface area contributed by atoms with E-state index in [0.717, 1.165) is 18.4 Å². The smallest absolute Gasteiger partial charge is 0.289 e. The zero-order valence-electron chi connectivity index (χ0n) is 14.6. The zero-order chi connectivity index (χ0) is 17.9. The molecule has 25 heavy (non-hydrogen) atoms. The number of nitrogens with zero attached hydrogens (tertiary/aromatic N) is 1. The number of carbonyl (C=O) groups excluding carboxylic acids is 1. The number of amides is 1. The van der Waals surface area contributed by atoms with Crippen LogP contribution in [0.15, 0.2) is 28.7 Å². The van der Waals surface area contributed by atoms with Gasteiger partial charge in [0.1, 0.15) is 5.82 Å². The highest BCUT2D eigenvalue weighted by atomic mass is 19.1. The SMILES string of the molecule is CCc1nc(C)c(C(=O)NCC2(c3cccc(F)c3)CCOCC2)o1. The van der Waals surface area contributed by atoms with Crippen LogP contribution >= 0.6 is 0 Å². The number of halogens is 1. The fourth-order valence-corrected chi connectivity index (χ4v) is 3.29. The molecular formula is C19H23FN2O3. The summed E-state index contributed by atoms with van der Waals surface area (Å²) in [6.07, 6.45) is 2.09. The topological polar surface area (TPSA) is 64.4 Å². The van der Waals surface area contributed by atoms with E-state index in [1.165, 1.54) is 6.07 Å². The van der Waals surface area contributed by atoms with Crippen molar-refractivity contribution in [3.05, 3.63) is 53.0 Å². The van der Waals surface area contributed by atoms with Crippen LogP contribution in [0.4, 0.5) is 4.39 Å². The van der Waals surface area contributed by atoms with Crippen LogP contribution in [0.5, 0.6) is 0 Å². The maximum Gasteiger partial charge on any atom is 0.289 e. The molecule has 0 saturated carbocycles. The summed E-state index contributed by atoms with van der Waals surface area (Å²) >= 11 is 0. The van der Waals surface area contributed by atoms with Gasteiger partial charge in [0.2, 0.25) is 5.76 Å². The zero-order valence-corrected chi connectivity index (χ0v) is 14.6. The number of oxazole rings is 1. The predicted octanol–water partition coefficient (Wildman–Crippen LogP) is 3.16. The highest BCUT2D eigenvalue weighted by Gasteiger charge is 2.35. The number of hydrogen-bond acceptors (Lipinski definition) is 4. The second kappa shape index (κ2) is 7.35. The lowest BCUT2D eigenvalue weighted by molar-refractivity contribution is 0.0483. The highest BCUT2D eigenvalue weighted by Crippen LogP contribution is 2.34. The molecule has 1 amide bonds. The second-order valence-electron chi connectivity index (χ2n) is 6.46. The Labute approximate surface area is 146 Å². The predicted molar refractivity (Wildman–Crippen MR) is 91.1 cm³/mol. The summed E-state index contributed by atoms with van der Waals surface area (Å²) in [6.45, 7) is 5.27. The number of carbonyl (C=O) groups is 1. The molecule has 0 bridgehead atoms. The van der Waals surface area contributed by atoms with E-state index in [9.17, 15) is 9.18 Å². The number of aryl methyl sites for hydroxylation is 2. The standard InChI is InChI=1S/C19H23FN2O3/c1-3-16-22-13(2)17(25-16)18(23)21-12-19(7-9-24-10-8-19)14-5-4-6-15(20)11-14/h4-6,11H,3,7-10,12H2,1-2H3,(H,21,23). The molecule has 3 rings (SSSR count). The van der Waals surface area contributed by atoms with Crippen molar-refractivity contribution in [3.8, 4) is 0 Å². The Balaban J connectivity index is 1.79. The molecular weight excluding hydrogens is 323 g/mol. The van der Waals surface area contributed by atoms with Crippen LogP contribution in [-0.2, 0) is 16.6 Å². The molecule has 1 aromatic heterocycles. The molecule has 1 fully saturated rings. The number of benzene rings is 1. The summed E-state index contributed by atoms with van der Waals surface area (Å²) in [5.74, 6) is 0.243. The van der Waals surface area contributed by atoms with E-state index in [1.807, 2.05) is 13.0 Å². The van der Waals surface area contributed by atoms with Crippen LogP contribution in [-0.4, -0.2) is 30.6 Å². The van der Waals surface area contributed by atoms with Gasteiger partial charge in [-0.3, -0.25) is 4.79 Å². The second-order valence-corrected chi connectivity index (χ2v) is 6.46. The van der Waals surface area contributed by atoms with Crippen molar-refractivity contribution in [2.24, 2.45) is 0 Å². The number of aromatic nitrogens is 1. The molecule has 0 atom stereocenters. The molecule has 2 heterocycles. The van der Waals surface area contributed by atoms with Gasteiger partial charge in [-0.15, -0.1) is 0 Å². The van der Waals surface area contributed by atoms with Crippen LogP contribution < -0.4 is 5.32 Å². The van der Waals surface area contributed by atoms with E-state index in [-0.39, 0.29) is 22.9 Å². The Bertz CT molecular complexity index is 751. The molecule has 5 nitrogen and oxygen atoms in total. The summed E-state index contributed by atoms with van der Waals surface area (Å²) in [6, 6.07) is 6.60. The van der Waals surface area contributed by atoms with Gasteiger partial charge in [0.25, 0.3) is 5.91 Å². The van der Waals surface area contributed by atoms with Crippen LogP contribution in [0.3, 0.4) is 0 Å². The minimum Gasteiger partial charge on any atom is -0.435 e. The van der Waals surface area contributed by atoms with Gasteiger partial charge in [-0.1, -0.05) is 19.1 Å². The molecule has 0 radical (unpaired) electrons. The number of hydrogen-bond donors (Lipinski definition) is 1. The van der Waals surface area contributed by atoms with E-state index < -0.39 is 0 Å². The van der Waals surface area contributed by atoms with E-state index in [1.54, 1.807) is 19.1 Å². The van der Waals surface area contributed by atoms with Crippen LogP contribution in [0.1, 0.15) is 47.5 Å². The summed E-state index contributed by atoms with van der Waals surface area (Å²) in [4.78, 5) is 16.8. The largest absolute Gasteiger partial charge is 0.435 e. The quantitative estimate of drug-likeness (QED) is 0.903. The maximum atomic E-state index is 13.7. The third-order valence-corrected chi connectivity index (χ3v) is 4.82. The van der Waals surface area contributed by atoms with Crippen molar-refractivity contribution < 1.29 is 18.3 Å². The van der Waals surface area contributed by atoms with Crippen LogP contribution in [0.25, 0.3) is 0 Å². The Morgan fingerprint density at radius 2 is 2.12 bits per heavy atom. The summed E-state index contributed by atoms with van der Waals surface area (Å²) < 4.78 is 24.7. The first-order valence-corrected chi connectivity index (χ1v) is 8.62. The van der Waals surface area contributed by atoms with Crippen LogP contribution in [0.2, 0.25) is 0 Å². The third-order valence-electron chi connectivity index (χ3n) is 4.82. The van der Waals surface area contributed by atoms with Gasteiger partial charge in [-0.05, 0) is 37.5 Å². The molecule has 2 aromatic rings. The average Bonchev–Trinajstić information content (AvgIpc) is 3.01. The molecule has 1 aliphatic rings. The minimum atomic E-state index is -0.336. The van der Waals surface area contributed by atoms with Gasteiger partial charge in [0.15, 0.2) is 5.89 Å². The lowest BCUT2D eigenvalue weighted by atomic mass is 9.74. The Morgan fingerprint density at radius 1 is 1.36 bits per heavy atom. The van der Waals surface area contributed by atoms with Crippen molar-refractivity contribution in [3.63, 3.8) is 0 Å². The highest BCUT2D eigenvalue weighted by molar-refractivity contribution is 5.92. The Morgan fingerprint density at radius 3 is 2.76 bits per heavy atom. The number of nitrogens with one attached hydrogen (secondary N) is 1. The lowest BCUT2D eigenvalue weighted by Gasteiger charge is -2.37. The first-order valence-electron chi connectivity index (χ1n) is 8.62. The molecule has 1 N–H and O–H groups in total. The molecule has 134 valence electrons. The van der Waals surface area contributed by atoms with E-state index in [0.29, 0.717) is 37.8 Å². The molecule has 6 heteroatoms. The number of ether oxygens (including phenoxy) is 1. The number of rotatable bonds is 5. The summed E-state index contributed by atoms with van der Waals surface area (Å²) in [5, 5.41) is 2.96. The first kappa shape index (κ1) is 17.6. The Kier molecular flexibility index (Phi) is 5.18.